The zero-order chi connectivity index (χ0) is 12.8. The lowest BCUT2D eigenvalue weighted by atomic mass is 10.0. The molecule has 1 heteroatoms. The molecule has 18 heavy (non-hydrogen) atoms. The van der Waals surface area contributed by atoms with Crippen molar-refractivity contribution >= 4 is 10.8 Å². The third-order valence-electron chi connectivity index (χ3n) is 3.69. The van der Waals surface area contributed by atoms with E-state index in [0.717, 1.165) is 13.1 Å². The Morgan fingerprint density at radius 1 is 0.889 bits per heavy atom. The molecule has 0 amide bonds. The van der Waals surface area contributed by atoms with E-state index in [1.54, 1.807) is 0 Å². The van der Waals surface area contributed by atoms with Gasteiger partial charge >= 0.3 is 0 Å². The van der Waals surface area contributed by atoms with Crippen molar-refractivity contribution in [1.82, 2.24) is 4.90 Å². The van der Waals surface area contributed by atoms with Crippen LogP contribution < -0.4 is 0 Å². The van der Waals surface area contributed by atoms with Crippen molar-refractivity contribution in [2.24, 2.45) is 0 Å². The molecule has 0 atom stereocenters. The molecule has 0 saturated heterocycles. The minimum Gasteiger partial charge on any atom is -0.304 e. The molecule has 0 radical (unpaired) electrons. The van der Waals surface area contributed by atoms with Gasteiger partial charge in [-0.05, 0) is 48.8 Å². The van der Waals surface area contributed by atoms with Crippen LogP contribution in [-0.4, -0.2) is 24.5 Å². The Hall–Kier alpha value is -1.34. The molecule has 0 bridgehead atoms. The Labute approximate surface area is 110 Å². The fourth-order valence-electron chi connectivity index (χ4n) is 2.54. The lowest BCUT2D eigenvalue weighted by Crippen LogP contribution is -2.24. The minimum atomic E-state index is 1.16. The van der Waals surface area contributed by atoms with Gasteiger partial charge in [0.1, 0.15) is 0 Å². The van der Waals surface area contributed by atoms with Crippen LogP contribution in [0.1, 0.15) is 25.8 Å². The lowest BCUT2D eigenvalue weighted by molar-refractivity contribution is 0.300. The van der Waals surface area contributed by atoms with E-state index >= 15 is 0 Å². The van der Waals surface area contributed by atoms with Crippen LogP contribution >= 0.6 is 0 Å². The van der Waals surface area contributed by atoms with E-state index in [2.05, 4.69) is 61.2 Å². The molecule has 2 rings (SSSR count). The third-order valence-corrected chi connectivity index (χ3v) is 3.69. The van der Waals surface area contributed by atoms with Crippen molar-refractivity contribution in [2.45, 2.75) is 26.7 Å². The van der Waals surface area contributed by atoms with Crippen molar-refractivity contribution in [1.29, 1.82) is 0 Å². The predicted octanol–water partition coefficient (Wildman–Crippen LogP) is 4.11. The van der Waals surface area contributed by atoms with E-state index in [9.17, 15) is 0 Å². The van der Waals surface area contributed by atoms with E-state index < -0.39 is 0 Å². The van der Waals surface area contributed by atoms with Crippen LogP contribution in [-0.2, 0) is 6.42 Å². The van der Waals surface area contributed by atoms with Gasteiger partial charge in [-0.1, -0.05) is 56.3 Å². The van der Waals surface area contributed by atoms with Gasteiger partial charge in [0.05, 0.1) is 0 Å². The third kappa shape index (κ3) is 3.11. The summed E-state index contributed by atoms with van der Waals surface area (Å²) in [5.41, 5.74) is 1.49. The molecule has 0 aliphatic carbocycles. The topological polar surface area (TPSA) is 3.24 Å². The maximum atomic E-state index is 2.49. The number of rotatable bonds is 6. The molecule has 0 aromatic heterocycles. The molecule has 0 aliphatic rings. The summed E-state index contributed by atoms with van der Waals surface area (Å²) in [5, 5.41) is 2.78. The second-order valence-electron chi connectivity index (χ2n) is 4.77. The second-order valence-corrected chi connectivity index (χ2v) is 4.77. The first-order valence-electron chi connectivity index (χ1n) is 7.04. The maximum Gasteiger partial charge on any atom is -0.00158 e. The minimum absolute atomic E-state index is 1.16. The van der Waals surface area contributed by atoms with Gasteiger partial charge in [-0.3, -0.25) is 0 Å². The quantitative estimate of drug-likeness (QED) is 0.735. The van der Waals surface area contributed by atoms with Crippen molar-refractivity contribution in [3.8, 4) is 0 Å². The highest BCUT2D eigenvalue weighted by Gasteiger charge is 2.02. The van der Waals surface area contributed by atoms with E-state index in [0.29, 0.717) is 0 Å². The van der Waals surface area contributed by atoms with Crippen LogP contribution in [0.3, 0.4) is 0 Å². The summed E-state index contributed by atoms with van der Waals surface area (Å²) in [6, 6.07) is 15.3. The predicted molar refractivity (Wildman–Crippen MR) is 80.1 cm³/mol. The largest absolute Gasteiger partial charge is 0.304 e. The van der Waals surface area contributed by atoms with Crippen LogP contribution in [0.5, 0.6) is 0 Å². The van der Waals surface area contributed by atoms with Gasteiger partial charge in [-0.25, -0.2) is 0 Å². The zero-order valence-corrected chi connectivity index (χ0v) is 11.5. The fraction of sp³-hybridized carbons (Fsp3) is 0.412. The number of fused-ring (bicyclic) bond motifs is 1. The van der Waals surface area contributed by atoms with Gasteiger partial charge < -0.3 is 4.90 Å². The van der Waals surface area contributed by atoms with E-state index in [-0.39, 0.29) is 0 Å². The standard InChI is InChI=1S/C17H23N/c1-3-18(4-2)14-8-12-16-11-7-10-15-9-5-6-13-17(15)16/h5-7,9-11,13H,3-4,8,12,14H2,1-2H3. The van der Waals surface area contributed by atoms with E-state index in [1.807, 2.05) is 0 Å². The summed E-state index contributed by atoms with van der Waals surface area (Å²) in [6.07, 6.45) is 2.42. The van der Waals surface area contributed by atoms with Gasteiger partial charge in [0.15, 0.2) is 0 Å². The molecular formula is C17H23N. The lowest BCUT2D eigenvalue weighted by Gasteiger charge is -2.17. The first-order valence-corrected chi connectivity index (χ1v) is 7.04. The zero-order valence-electron chi connectivity index (χ0n) is 11.5. The van der Waals surface area contributed by atoms with Crippen molar-refractivity contribution in [3.05, 3.63) is 48.0 Å². The number of hydrogen-bond acceptors (Lipinski definition) is 1. The highest BCUT2D eigenvalue weighted by Crippen LogP contribution is 2.19. The Balaban J connectivity index is 2.03. The Morgan fingerprint density at radius 2 is 1.61 bits per heavy atom. The second kappa shape index (κ2) is 6.55. The maximum absolute atomic E-state index is 2.49. The van der Waals surface area contributed by atoms with Crippen molar-refractivity contribution in [3.63, 3.8) is 0 Å². The van der Waals surface area contributed by atoms with Crippen LogP contribution in [0.15, 0.2) is 42.5 Å². The molecule has 0 spiro atoms. The molecule has 0 heterocycles. The van der Waals surface area contributed by atoms with Crippen molar-refractivity contribution in [2.75, 3.05) is 19.6 Å². The molecule has 0 unspecified atom stereocenters. The molecule has 1 nitrogen and oxygen atoms in total. The van der Waals surface area contributed by atoms with Gasteiger partial charge in [-0.15, -0.1) is 0 Å². The van der Waals surface area contributed by atoms with E-state index in [4.69, 9.17) is 0 Å². The average Bonchev–Trinajstić information content (AvgIpc) is 2.44. The summed E-state index contributed by atoms with van der Waals surface area (Å²) in [6.45, 7) is 8.00. The normalized spacial score (nSPS) is 11.3. The van der Waals surface area contributed by atoms with Crippen LogP contribution in [0.25, 0.3) is 10.8 Å². The monoisotopic (exact) mass is 241 g/mol. The Kier molecular flexibility index (Phi) is 4.77. The number of hydrogen-bond donors (Lipinski definition) is 0. The fourth-order valence-corrected chi connectivity index (χ4v) is 2.54. The van der Waals surface area contributed by atoms with Crippen LogP contribution in [0, 0.1) is 0 Å². The first-order chi connectivity index (χ1) is 8.85. The summed E-state index contributed by atoms with van der Waals surface area (Å²) in [4.78, 5) is 2.49. The van der Waals surface area contributed by atoms with Crippen LogP contribution in [0.4, 0.5) is 0 Å². The number of benzene rings is 2. The van der Waals surface area contributed by atoms with Gasteiger partial charge in [0.2, 0.25) is 0 Å². The van der Waals surface area contributed by atoms with Crippen molar-refractivity contribution < 1.29 is 0 Å². The highest BCUT2D eigenvalue weighted by atomic mass is 15.1. The summed E-state index contributed by atoms with van der Waals surface area (Å²) in [5.74, 6) is 0. The average molecular weight is 241 g/mol. The summed E-state index contributed by atoms with van der Waals surface area (Å²) >= 11 is 0. The molecule has 2 aromatic carbocycles. The Morgan fingerprint density at radius 3 is 2.39 bits per heavy atom. The first kappa shape index (κ1) is 13.1. The van der Waals surface area contributed by atoms with Crippen LogP contribution in [0.2, 0.25) is 0 Å². The van der Waals surface area contributed by atoms with Gasteiger partial charge in [0.25, 0.3) is 0 Å². The van der Waals surface area contributed by atoms with Gasteiger partial charge in [-0.2, -0.15) is 0 Å². The molecule has 0 N–H and O–H groups in total. The molecule has 96 valence electrons. The number of aryl methyl sites for hydroxylation is 1. The SMILES string of the molecule is CCN(CC)CCCc1cccc2ccccc12. The molecule has 0 aliphatic heterocycles. The Bertz CT molecular complexity index is 480. The van der Waals surface area contributed by atoms with Gasteiger partial charge in [0, 0.05) is 0 Å². The molecule has 0 fully saturated rings. The summed E-state index contributed by atoms with van der Waals surface area (Å²) < 4.78 is 0. The molecule has 0 saturated carbocycles. The molecule has 2 aromatic rings. The molecular weight excluding hydrogens is 218 g/mol. The smallest absolute Gasteiger partial charge is 0.00158 e. The van der Waals surface area contributed by atoms with E-state index in [1.165, 1.54) is 35.7 Å². The highest BCUT2D eigenvalue weighted by molar-refractivity contribution is 5.85. The summed E-state index contributed by atoms with van der Waals surface area (Å²) in [7, 11) is 0. The number of nitrogens with zero attached hydrogens (tertiary/aromatic N) is 1.